The summed E-state index contributed by atoms with van der Waals surface area (Å²) in [5.74, 6) is 0.312. The number of aryl methyl sites for hydroxylation is 1. The van der Waals surface area contributed by atoms with Crippen molar-refractivity contribution in [3.05, 3.63) is 57.1 Å². The van der Waals surface area contributed by atoms with E-state index in [1.807, 2.05) is 19.9 Å². The van der Waals surface area contributed by atoms with E-state index in [9.17, 15) is 9.18 Å². The Morgan fingerprint density at radius 3 is 2.85 bits per heavy atom. The van der Waals surface area contributed by atoms with E-state index in [0.717, 1.165) is 16.7 Å². The molecule has 2 heterocycles. The second kappa shape index (κ2) is 6.77. The van der Waals surface area contributed by atoms with Crippen LogP contribution in [0.2, 0.25) is 0 Å². The Labute approximate surface area is 157 Å². The molecule has 0 fully saturated rings. The zero-order valence-electron chi connectivity index (χ0n) is 15.2. The lowest BCUT2D eigenvalue weighted by Crippen LogP contribution is -2.30. The van der Waals surface area contributed by atoms with Crippen molar-refractivity contribution < 1.29 is 13.9 Å². The summed E-state index contributed by atoms with van der Waals surface area (Å²) in [5.41, 5.74) is 7.15. The molecule has 136 valence electrons. The molecule has 1 aromatic heterocycles. The Hall–Kier alpha value is -2.32. The lowest BCUT2D eigenvalue weighted by atomic mass is 10.1. The Morgan fingerprint density at radius 2 is 2.23 bits per heavy atom. The highest BCUT2D eigenvalue weighted by Gasteiger charge is 2.34. The Bertz CT molecular complexity index is 901. The van der Waals surface area contributed by atoms with E-state index in [4.69, 9.17) is 16.3 Å². The number of hydrogen-bond donors (Lipinski definition) is 0. The Kier molecular flexibility index (Phi) is 4.81. The zero-order chi connectivity index (χ0) is 19.1. The Morgan fingerprint density at radius 1 is 1.50 bits per heavy atom. The van der Waals surface area contributed by atoms with E-state index in [1.54, 1.807) is 17.2 Å². The van der Waals surface area contributed by atoms with Crippen LogP contribution >= 0.6 is 11.6 Å². The van der Waals surface area contributed by atoms with Crippen LogP contribution in [0.25, 0.3) is 0 Å². The maximum atomic E-state index is 13.6. The molecule has 0 N–H and O–H groups in total. The highest BCUT2D eigenvalue weighted by atomic mass is 35.5. The first kappa shape index (κ1) is 18.5. The van der Waals surface area contributed by atoms with Gasteiger partial charge in [-0.05, 0) is 45.1 Å². The molecule has 1 aromatic rings. The molecule has 0 bridgehead atoms. The van der Waals surface area contributed by atoms with Gasteiger partial charge < -0.3 is 9.64 Å². The molecular formula is C20H20ClFN2O2. The number of ether oxygens (including phenoxy) is 1. The largest absolute Gasteiger partial charge is 0.474 e. The standard InChI is InChI=1S/C20H20ClFN2O2/c1-12-8-14(9-23-18(12)26-11-20(3,4)22)13(2)24-10-16-15(19(24)25)6-5-7-17(16)21/h6,8-9,13H,10-11H2,1-4H3. The molecule has 0 spiro atoms. The van der Waals surface area contributed by atoms with Gasteiger partial charge in [-0.3, -0.25) is 4.79 Å². The van der Waals surface area contributed by atoms with Crippen LogP contribution in [-0.2, 0) is 4.79 Å². The van der Waals surface area contributed by atoms with Gasteiger partial charge >= 0.3 is 0 Å². The van der Waals surface area contributed by atoms with Gasteiger partial charge in [0.2, 0.25) is 5.88 Å². The summed E-state index contributed by atoms with van der Waals surface area (Å²) < 4.78 is 19.1. The summed E-state index contributed by atoms with van der Waals surface area (Å²) in [7, 11) is 0. The molecule has 1 aliphatic heterocycles. The van der Waals surface area contributed by atoms with E-state index >= 15 is 0 Å². The van der Waals surface area contributed by atoms with Crippen molar-refractivity contribution in [2.24, 2.45) is 0 Å². The molecule has 1 aliphatic carbocycles. The highest BCUT2D eigenvalue weighted by molar-refractivity contribution is 6.33. The minimum atomic E-state index is -1.43. The molecule has 0 radical (unpaired) electrons. The number of carbonyl (C=O) groups is 1. The molecule has 3 rings (SSSR count). The maximum Gasteiger partial charge on any atom is 0.255 e. The summed E-state index contributed by atoms with van der Waals surface area (Å²) in [6.45, 7) is 7.05. The maximum absolute atomic E-state index is 13.6. The summed E-state index contributed by atoms with van der Waals surface area (Å²) in [6, 6.07) is 1.72. The minimum Gasteiger partial charge on any atom is -0.474 e. The molecule has 6 heteroatoms. The molecule has 1 atom stereocenters. The van der Waals surface area contributed by atoms with Crippen LogP contribution in [0.1, 0.15) is 37.9 Å². The number of pyridine rings is 1. The number of hydrogen-bond acceptors (Lipinski definition) is 3. The summed E-state index contributed by atoms with van der Waals surface area (Å²) in [6.07, 6.45) is 3.28. The third kappa shape index (κ3) is 3.61. The fourth-order valence-electron chi connectivity index (χ4n) is 2.89. The highest BCUT2D eigenvalue weighted by Crippen LogP contribution is 2.35. The number of amides is 1. The van der Waals surface area contributed by atoms with Gasteiger partial charge in [0.05, 0.1) is 16.6 Å². The Balaban J connectivity index is 1.76. The average Bonchev–Trinajstić information content (AvgIpc) is 2.91. The zero-order valence-corrected chi connectivity index (χ0v) is 15.9. The van der Waals surface area contributed by atoms with Gasteiger partial charge in [0.25, 0.3) is 5.91 Å². The molecule has 2 aliphatic rings. The van der Waals surface area contributed by atoms with E-state index in [-0.39, 0.29) is 18.6 Å². The summed E-state index contributed by atoms with van der Waals surface area (Å²) in [4.78, 5) is 18.7. The van der Waals surface area contributed by atoms with Gasteiger partial charge in [0.1, 0.15) is 12.3 Å². The van der Waals surface area contributed by atoms with Crippen molar-refractivity contribution in [2.75, 3.05) is 13.2 Å². The first-order valence-electron chi connectivity index (χ1n) is 8.37. The van der Waals surface area contributed by atoms with Crippen molar-refractivity contribution in [3.63, 3.8) is 0 Å². The van der Waals surface area contributed by atoms with Crippen molar-refractivity contribution in [2.45, 2.75) is 39.4 Å². The fraction of sp³-hybridized carbons (Fsp3) is 0.400. The van der Waals surface area contributed by atoms with E-state index in [1.165, 1.54) is 13.8 Å². The summed E-state index contributed by atoms with van der Waals surface area (Å²) in [5, 5.41) is 0.428. The lowest BCUT2D eigenvalue weighted by Gasteiger charge is -2.26. The normalized spacial score (nSPS) is 17.5. The molecule has 26 heavy (non-hydrogen) atoms. The SMILES string of the molecule is Cc1cc(C(C)N2CC3=C(C=C=C=C3Cl)C2=O)cnc1OCC(C)(C)F. The predicted molar refractivity (Wildman–Crippen MR) is 97.8 cm³/mol. The van der Waals surface area contributed by atoms with Crippen LogP contribution in [0.4, 0.5) is 4.39 Å². The smallest absolute Gasteiger partial charge is 0.255 e. The van der Waals surface area contributed by atoms with Gasteiger partial charge in [-0.1, -0.05) is 17.3 Å². The predicted octanol–water partition coefficient (Wildman–Crippen LogP) is 4.16. The monoisotopic (exact) mass is 374 g/mol. The van der Waals surface area contributed by atoms with Gasteiger partial charge in [-0.2, -0.15) is 0 Å². The average molecular weight is 375 g/mol. The fourth-order valence-corrected chi connectivity index (χ4v) is 3.11. The molecule has 0 aromatic carbocycles. The van der Waals surface area contributed by atoms with Crippen LogP contribution < -0.4 is 4.74 Å². The lowest BCUT2D eigenvalue weighted by molar-refractivity contribution is -0.127. The second-order valence-electron chi connectivity index (χ2n) is 7.13. The molecule has 4 nitrogen and oxygen atoms in total. The number of halogens is 2. The molecule has 0 saturated carbocycles. The van der Waals surface area contributed by atoms with Gasteiger partial charge in [-0.15, -0.1) is 0 Å². The van der Waals surface area contributed by atoms with E-state index < -0.39 is 5.67 Å². The van der Waals surface area contributed by atoms with Crippen LogP contribution in [0.5, 0.6) is 5.88 Å². The van der Waals surface area contributed by atoms with E-state index in [2.05, 4.69) is 16.4 Å². The third-order valence-corrected chi connectivity index (χ3v) is 4.68. The van der Waals surface area contributed by atoms with E-state index in [0.29, 0.717) is 23.0 Å². The number of nitrogens with zero attached hydrogens (tertiary/aromatic N) is 2. The summed E-state index contributed by atoms with van der Waals surface area (Å²) >= 11 is 6.14. The molecule has 1 unspecified atom stereocenters. The van der Waals surface area contributed by atoms with Crippen molar-refractivity contribution in [1.82, 2.24) is 9.88 Å². The van der Waals surface area contributed by atoms with Crippen molar-refractivity contribution >= 4 is 17.5 Å². The van der Waals surface area contributed by atoms with Crippen LogP contribution in [-0.4, -0.2) is 34.6 Å². The second-order valence-corrected chi connectivity index (χ2v) is 7.50. The first-order valence-corrected chi connectivity index (χ1v) is 8.75. The number of alkyl halides is 1. The molecular weight excluding hydrogens is 355 g/mol. The van der Waals surface area contributed by atoms with Crippen molar-refractivity contribution in [3.8, 4) is 5.88 Å². The van der Waals surface area contributed by atoms with Gasteiger partial charge in [-0.25, -0.2) is 9.37 Å². The molecule has 1 amide bonds. The molecule has 0 saturated heterocycles. The number of aromatic nitrogens is 1. The minimum absolute atomic E-state index is 0.0683. The van der Waals surface area contributed by atoms with Gasteiger partial charge in [0, 0.05) is 30.0 Å². The van der Waals surface area contributed by atoms with Crippen molar-refractivity contribution in [1.29, 1.82) is 0 Å². The topological polar surface area (TPSA) is 42.4 Å². The van der Waals surface area contributed by atoms with Gasteiger partial charge in [0.15, 0.2) is 0 Å². The van der Waals surface area contributed by atoms with Crippen LogP contribution in [0, 0.1) is 6.92 Å². The third-order valence-electron chi connectivity index (χ3n) is 4.36. The van der Waals surface area contributed by atoms with Crippen LogP contribution in [0.15, 0.2) is 46.0 Å². The number of rotatable bonds is 5. The number of carbonyl (C=O) groups excluding carboxylic acids is 1. The quantitative estimate of drug-likeness (QED) is 0.727. The van der Waals surface area contributed by atoms with Crippen LogP contribution in [0.3, 0.4) is 0 Å². The first-order chi connectivity index (χ1) is 12.2.